The van der Waals surface area contributed by atoms with E-state index < -0.39 is 0 Å². The van der Waals surface area contributed by atoms with Gasteiger partial charge < -0.3 is 19.9 Å². The van der Waals surface area contributed by atoms with Gasteiger partial charge in [-0.3, -0.25) is 9.59 Å². The number of halogens is 2. The Morgan fingerprint density at radius 1 is 1.03 bits per heavy atom. The summed E-state index contributed by atoms with van der Waals surface area (Å²) in [7, 11) is 1.55. The van der Waals surface area contributed by atoms with Gasteiger partial charge in [0, 0.05) is 41.8 Å². The number of amides is 2. The van der Waals surface area contributed by atoms with Gasteiger partial charge in [-0.05, 0) is 54.5 Å². The van der Waals surface area contributed by atoms with E-state index in [4.69, 9.17) is 16.3 Å². The van der Waals surface area contributed by atoms with Gasteiger partial charge in [-0.25, -0.2) is 0 Å². The zero-order valence-corrected chi connectivity index (χ0v) is 22.5. The van der Waals surface area contributed by atoms with Crippen LogP contribution >= 0.6 is 27.5 Å². The number of aryl methyl sites for hydroxylation is 1. The number of rotatable bonds is 6. The number of nitrogens with zero attached hydrogens (tertiary/aromatic N) is 2. The molecule has 0 aliphatic carbocycles. The van der Waals surface area contributed by atoms with Crippen LogP contribution in [0.2, 0.25) is 5.02 Å². The lowest BCUT2D eigenvalue weighted by atomic mass is 10.1. The first-order valence-corrected chi connectivity index (χ1v) is 12.7. The van der Waals surface area contributed by atoms with Crippen molar-refractivity contribution >= 4 is 56.8 Å². The first kappa shape index (κ1) is 25.8. The molecule has 36 heavy (non-hydrogen) atoms. The second-order valence-electron chi connectivity index (χ2n) is 8.48. The van der Waals surface area contributed by atoms with Crippen molar-refractivity contribution in [3.63, 3.8) is 0 Å². The molecule has 1 aliphatic heterocycles. The molecule has 0 unspecified atom stereocenters. The van der Waals surface area contributed by atoms with Crippen LogP contribution in [-0.2, 0) is 4.79 Å². The predicted molar refractivity (Wildman–Crippen MR) is 149 cm³/mol. The van der Waals surface area contributed by atoms with Crippen LogP contribution in [0.25, 0.3) is 6.08 Å². The Bertz CT molecular complexity index is 1290. The number of methoxy groups -OCH3 is 1. The van der Waals surface area contributed by atoms with E-state index >= 15 is 0 Å². The lowest BCUT2D eigenvalue weighted by molar-refractivity contribution is -0.126. The Morgan fingerprint density at radius 2 is 1.75 bits per heavy atom. The van der Waals surface area contributed by atoms with Crippen LogP contribution in [0.4, 0.5) is 11.4 Å². The topological polar surface area (TPSA) is 61.9 Å². The number of nitrogens with one attached hydrogen (secondary N) is 1. The molecule has 0 aromatic heterocycles. The Balaban J connectivity index is 1.47. The minimum Gasteiger partial charge on any atom is -0.496 e. The standard InChI is InChI=1S/C28H27BrClN3O3/c1-19-16-21(29)17-23(27(19)36-2)28(35)31-24-18-22(30)9-10-25(24)32-12-14-33(15-13-32)26(34)11-8-20-6-4-3-5-7-20/h3-11,16-18H,12-15H2,1-2H3,(H,31,35)/b11-8+. The number of hydrogen-bond donors (Lipinski definition) is 1. The van der Waals surface area contributed by atoms with Crippen molar-refractivity contribution in [1.29, 1.82) is 0 Å². The quantitative estimate of drug-likeness (QED) is 0.369. The number of anilines is 2. The molecule has 3 aromatic rings. The summed E-state index contributed by atoms with van der Waals surface area (Å²) in [6.45, 7) is 4.31. The molecule has 1 aliphatic rings. The highest BCUT2D eigenvalue weighted by Gasteiger charge is 2.23. The van der Waals surface area contributed by atoms with E-state index in [1.807, 2.05) is 60.4 Å². The summed E-state index contributed by atoms with van der Waals surface area (Å²) in [5.41, 5.74) is 3.73. The van der Waals surface area contributed by atoms with E-state index in [1.54, 1.807) is 31.4 Å². The van der Waals surface area contributed by atoms with Crippen molar-refractivity contribution in [3.05, 3.63) is 92.9 Å². The monoisotopic (exact) mass is 567 g/mol. The Morgan fingerprint density at radius 3 is 2.44 bits per heavy atom. The number of piperazine rings is 1. The fourth-order valence-electron chi connectivity index (χ4n) is 4.25. The molecule has 0 spiro atoms. The van der Waals surface area contributed by atoms with Crippen LogP contribution in [0.3, 0.4) is 0 Å². The molecule has 0 saturated carbocycles. The number of hydrogen-bond acceptors (Lipinski definition) is 4. The lowest BCUT2D eigenvalue weighted by Crippen LogP contribution is -2.48. The molecule has 0 atom stereocenters. The molecule has 1 heterocycles. The molecule has 186 valence electrons. The largest absolute Gasteiger partial charge is 0.496 e. The molecular weight excluding hydrogens is 542 g/mol. The summed E-state index contributed by atoms with van der Waals surface area (Å²) in [6, 6.07) is 18.8. The molecule has 3 aromatic carbocycles. The number of ether oxygens (including phenoxy) is 1. The van der Waals surface area contributed by atoms with E-state index in [0.29, 0.717) is 48.2 Å². The van der Waals surface area contributed by atoms with Gasteiger partial charge in [0.1, 0.15) is 5.75 Å². The summed E-state index contributed by atoms with van der Waals surface area (Å²) in [4.78, 5) is 29.9. The smallest absolute Gasteiger partial charge is 0.259 e. The van der Waals surface area contributed by atoms with Crippen LogP contribution < -0.4 is 15.0 Å². The van der Waals surface area contributed by atoms with Crippen LogP contribution in [0.1, 0.15) is 21.5 Å². The second-order valence-corrected chi connectivity index (χ2v) is 9.83. The van der Waals surface area contributed by atoms with Crippen LogP contribution in [0, 0.1) is 6.92 Å². The minimum absolute atomic E-state index is 0.0137. The normalized spacial score (nSPS) is 13.7. The molecule has 2 amide bonds. The summed E-state index contributed by atoms with van der Waals surface area (Å²) >= 11 is 9.74. The highest BCUT2D eigenvalue weighted by Crippen LogP contribution is 2.33. The fraction of sp³-hybridized carbons (Fsp3) is 0.214. The molecule has 1 N–H and O–H groups in total. The number of carbonyl (C=O) groups is 2. The van der Waals surface area contributed by atoms with Gasteiger partial charge in [-0.1, -0.05) is 57.9 Å². The van der Waals surface area contributed by atoms with E-state index in [0.717, 1.165) is 21.3 Å². The van der Waals surface area contributed by atoms with Crippen molar-refractivity contribution in [2.24, 2.45) is 0 Å². The predicted octanol–water partition coefficient (Wildman–Crippen LogP) is 6.03. The number of benzene rings is 3. The Labute approximate surface area is 224 Å². The molecule has 1 saturated heterocycles. The third-order valence-electron chi connectivity index (χ3n) is 6.04. The maximum atomic E-state index is 13.2. The van der Waals surface area contributed by atoms with Gasteiger partial charge in [-0.15, -0.1) is 0 Å². The second kappa shape index (κ2) is 11.6. The third-order valence-corrected chi connectivity index (χ3v) is 6.74. The molecule has 6 nitrogen and oxygen atoms in total. The average molecular weight is 569 g/mol. The van der Waals surface area contributed by atoms with Gasteiger partial charge in [0.05, 0.1) is 24.0 Å². The highest BCUT2D eigenvalue weighted by molar-refractivity contribution is 9.10. The van der Waals surface area contributed by atoms with Crippen molar-refractivity contribution in [3.8, 4) is 5.75 Å². The number of carbonyl (C=O) groups excluding carboxylic acids is 2. The molecule has 0 bridgehead atoms. The first-order chi connectivity index (χ1) is 17.4. The fourth-order valence-corrected chi connectivity index (χ4v) is 4.99. The summed E-state index contributed by atoms with van der Waals surface area (Å²) < 4.78 is 6.27. The van der Waals surface area contributed by atoms with Crippen LogP contribution in [0.15, 0.2) is 71.2 Å². The summed E-state index contributed by atoms with van der Waals surface area (Å²) in [5.74, 6) is 0.217. The Hall–Kier alpha value is -3.29. The van der Waals surface area contributed by atoms with Crippen molar-refractivity contribution < 1.29 is 14.3 Å². The van der Waals surface area contributed by atoms with Crippen molar-refractivity contribution in [1.82, 2.24) is 4.90 Å². The maximum absolute atomic E-state index is 13.2. The molecule has 8 heteroatoms. The van der Waals surface area contributed by atoms with Gasteiger partial charge in [0.15, 0.2) is 0 Å². The summed E-state index contributed by atoms with van der Waals surface area (Å²) in [5, 5.41) is 3.53. The van der Waals surface area contributed by atoms with Gasteiger partial charge >= 0.3 is 0 Å². The van der Waals surface area contributed by atoms with E-state index in [1.165, 1.54) is 0 Å². The molecule has 4 rings (SSSR count). The van der Waals surface area contributed by atoms with Gasteiger partial charge in [-0.2, -0.15) is 0 Å². The highest BCUT2D eigenvalue weighted by atomic mass is 79.9. The third kappa shape index (κ3) is 6.09. The van der Waals surface area contributed by atoms with Crippen molar-refractivity contribution in [2.75, 3.05) is 43.5 Å². The minimum atomic E-state index is -0.292. The Kier molecular flexibility index (Phi) is 8.33. The van der Waals surface area contributed by atoms with Crippen LogP contribution in [-0.4, -0.2) is 50.0 Å². The average Bonchev–Trinajstić information content (AvgIpc) is 2.87. The van der Waals surface area contributed by atoms with Crippen LogP contribution in [0.5, 0.6) is 5.75 Å². The van der Waals surface area contributed by atoms with E-state index in [2.05, 4.69) is 26.1 Å². The molecule has 0 radical (unpaired) electrons. The molecule has 1 fully saturated rings. The van der Waals surface area contributed by atoms with Gasteiger partial charge in [0.2, 0.25) is 5.91 Å². The zero-order valence-electron chi connectivity index (χ0n) is 20.1. The van der Waals surface area contributed by atoms with E-state index in [9.17, 15) is 9.59 Å². The lowest BCUT2D eigenvalue weighted by Gasteiger charge is -2.36. The first-order valence-electron chi connectivity index (χ1n) is 11.6. The summed E-state index contributed by atoms with van der Waals surface area (Å²) in [6.07, 6.45) is 3.45. The van der Waals surface area contributed by atoms with Crippen molar-refractivity contribution in [2.45, 2.75) is 6.92 Å². The zero-order chi connectivity index (χ0) is 25.7. The SMILES string of the molecule is COc1c(C)cc(Br)cc1C(=O)Nc1cc(Cl)ccc1N1CCN(C(=O)/C=C/c2ccccc2)CC1. The maximum Gasteiger partial charge on any atom is 0.259 e. The van der Waals surface area contributed by atoms with Gasteiger partial charge in [0.25, 0.3) is 5.91 Å². The molecular formula is C28H27BrClN3O3. The van der Waals surface area contributed by atoms with E-state index in [-0.39, 0.29) is 11.8 Å².